The van der Waals surface area contributed by atoms with E-state index in [1.54, 1.807) is 37.1 Å². The van der Waals surface area contributed by atoms with Crippen LogP contribution in [0.3, 0.4) is 0 Å². The number of hydrogen-bond acceptors (Lipinski definition) is 9. The Labute approximate surface area is 196 Å². The first-order valence-corrected chi connectivity index (χ1v) is 10.5. The van der Waals surface area contributed by atoms with Gasteiger partial charge in [-0.25, -0.2) is 0 Å². The van der Waals surface area contributed by atoms with E-state index < -0.39 is 4.92 Å². The molecule has 0 bridgehead atoms. The molecule has 11 nitrogen and oxygen atoms in total. The van der Waals surface area contributed by atoms with E-state index in [0.29, 0.717) is 34.2 Å². The lowest BCUT2D eigenvalue weighted by molar-refractivity contribution is -0.385. The van der Waals surface area contributed by atoms with Crippen LogP contribution in [0.2, 0.25) is 0 Å². The third-order valence-electron chi connectivity index (χ3n) is 5.09. The zero-order valence-electron chi connectivity index (χ0n) is 19.6. The standard InChI is InChI=1S/C23H26N4O7/c1-14(2)26(22(28)13-33-17-7-8-18(27(29)30)15(3)10-17)12-21-24-23(25-34-21)16-6-9-19(31-4)20(11-16)32-5/h6-11,14H,12-13H2,1-5H3. The summed E-state index contributed by atoms with van der Waals surface area (Å²) in [5, 5.41) is 15.0. The molecule has 0 fully saturated rings. The Balaban J connectivity index is 1.68. The molecule has 0 saturated heterocycles. The van der Waals surface area contributed by atoms with Crippen molar-refractivity contribution in [3.05, 3.63) is 58.0 Å². The average Bonchev–Trinajstić information content (AvgIpc) is 3.28. The number of nitro groups is 1. The Morgan fingerprint density at radius 1 is 1.15 bits per heavy atom. The first-order chi connectivity index (χ1) is 16.2. The number of nitro benzene ring substituents is 1. The SMILES string of the molecule is COc1ccc(-c2noc(CN(C(=O)COc3ccc([N+](=O)[O-])c(C)c3)C(C)C)n2)cc1OC. The van der Waals surface area contributed by atoms with Gasteiger partial charge in [-0.1, -0.05) is 5.16 Å². The lowest BCUT2D eigenvalue weighted by Gasteiger charge is -2.25. The molecule has 0 aliphatic heterocycles. The molecule has 0 unspecified atom stereocenters. The van der Waals surface area contributed by atoms with Gasteiger partial charge in [0.25, 0.3) is 11.6 Å². The zero-order valence-corrected chi connectivity index (χ0v) is 19.6. The highest BCUT2D eigenvalue weighted by Gasteiger charge is 2.22. The number of carbonyl (C=O) groups is 1. The molecule has 1 heterocycles. The van der Waals surface area contributed by atoms with Gasteiger partial charge in [0.05, 0.1) is 19.1 Å². The van der Waals surface area contributed by atoms with Crippen LogP contribution >= 0.6 is 0 Å². The molecular formula is C23H26N4O7. The van der Waals surface area contributed by atoms with E-state index in [-0.39, 0.29) is 36.7 Å². The third-order valence-corrected chi connectivity index (χ3v) is 5.09. The van der Waals surface area contributed by atoms with Crippen molar-refractivity contribution in [3.63, 3.8) is 0 Å². The van der Waals surface area contributed by atoms with Crippen LogP contribution in [0.1, 0.15) is 25.3 Å². The van der Waals surface area contributed by atoms with Crippen LogP contribution in [0.25, 0.3) is 11.4 Å². The van der Waals surface area contributed by atoms with Gasteiger partial charge in [0.15, 0.2) is 18.1 Å². The first kappa shape index (κ1) is 24.5. The summed E-state index contributed by atoms with van der Waals surface area (Å²) in [4.78, 5) is 29.3. The van der Waals surface area contributed by atoms with Crippen LogP contribution in [0.4, 0.5) is 5.69 Å². The minimum Gasteiger partial charge on any atom is -0.493 e. The normalized spacial score (nSPS) is 10.8. The molecule has 1 aromatic heterocycles. The maximum Gasteiger partial charge on any atom is 0.272 e. The van der Waals surface area contributed by atoms with Crippen LogP contribution < -0.4 is 14.2 Å². The van der Waals surface area contributed by atoms with Crippen molar-refractivity contribution >= 4 is 11.6 Å². The van der Waals surface area contributed by atoms with Crippen molar-refractivity contribution in [1.82, 2.24) is 15.0 Å². The fourth-order valence-electron chi connectivity index (χ4n) is 3.27. The maximum atomic E-state index is 12.8. The van der Waals surface area contributed by atoms with Gasteiger partial charge in [0.2, 0.25) is 11.7 Å². The monoisotopic (exact) mass is 470 g/mol. The van der Waals surface area contributed by atoms with Gasteiger partial charge < -0.3 is 23.6 Å². The van der Waals surface area contributed by atoms with E-state index >= 15 is 0 Å². The van der Waals surface area contributed by atoms with Crippen LogP contribution in [0, 0.1) is 17.0 Å². The second-order valence-electron chi connectivity index (χ2n) is 7.69. The van der Waals surface area contributed by atoms with Gasteiger partial charge in [-0.15, -0.1) is 0 Å². The number of nitrogens with zero attached hydrogens (tertiary/aromatic N) is 4. The van der Waals surface area contributed by atoms with Crippen molar-refractivity contribution in [2.45, 2.75) is 33.4 Å². The van der Waals surface area contributed by atoms with Gasteiger partial charge in [-0.2, -0.15) is 4.98 Å². The van der Waals surface area contributed by atoms with E-state index in [0.717, 1.165) is 0 Å². The van der Waals surface area contributed by atoms with Crippen molar-refractivity contribution < 1.29 is 28.5 Å². The Kier molecular flexibility index (Phi) is 7.67. The predicted octanol–water partition coefficient (Wildman–Crippen LogP) is 3.79. The van der Waals surface area contributed by atoms with Crippen LogP contribution in [0.15, 0.2) is 40.9 Å². The van der Waals surface area contributed by atoms with E-state index in [9.17, 15) is 14.9 Å². The zero-order chi connectivity index (χ0) is 24.8. The Bertz CT molecular complexity index is 1180. The molecule has 3 aromatic rings. The first-order valence-electron chi connectivity index (χ1n) is 10.5. The molecule has 0 atom stereocenters. The number of hydrogen-bond donors (Lipinski definition) is 0. The number of benzene rings is 2. The van der Waals surface area contributed by atoms with E-state index in [1.807, 2.05) is 13.8 Å². The molecule has 3 rings (SSSR count). The van der Waals surface area contributed by atoms with E-state index in [4.69, 9.17) is 18.7 Å². The molecule has 0 radical (unpaired) electrons. The van der Waals surface area contributed by atoms with Crippen molar-refractivity contribution in [3.8, 4) is 28.6 Å². The molecule has 0 aliphatic carbocycles. The van der Waals surface area contributed by atoms with Gasteiger partial charge in [0, 0.05) is 23.2 Å². The second kappa shape index (κ2) is 10.6. The molecule has 0 N–H and O–H groups in total. The number of ether oxygens (including phenoxy) is 3. The number of carbonyl (C=O) groups excluding carboxylic acids is 1. The molecule has 180 valence electrons. The number of amides is 1. The van der Waals surface area contributed by atoms with Gasteiger partial charge >= 0.3 is 0 Å². The lowest BCUT2D eigenvalue weighted by atomic mass is 10.2. The molecule has 11 heteroatoms. The molecule has 0 saturated carbocycles. The van der Waals surface area contributed by atoms with Gasteiger partial charge in [-0.3, -0.25) is 14.9 Å². The minimum atomic E-state index is -0.467. The molecule has 34 heavy (non-hydrogen) atoms. The fraction of sp³-hybridized carbons (Fsp3) is 0.348. The van der Waals surface area contributed by atoms with E-state index in [2.05, 4.69) is 10.1 Å². The highest BCUT2D eigenvalue weighted by molar-refractivity contribution is 5.78. The number of methoxy groups -OCH3 is 2. The van der Waals surface area contributed by atoms with E-state index in [1.165, 1.54) is 25.3 Å². The topological polar surface area (TPSA) is 130 Å². The third kappa shape index (κ3) is 5.61. The highest BCUT2D eigenvalue weighted by Crippen LogP contribution is 2.31. The molecule has 1 amide bonds. The summed E-state index contributed by atoms with van der Waals surface area (Å²) in [6, 6.07) is 9.44. The molecule has 2 aromatic carbocycles. The van der Waals surface area contributed by atoms with Crippen LogP contribution in [0.5, 0.6) is 17.2 Å². The van der Waals surface area contributed by atoms with Crippen molar-refractivity contribution in [1.29, 1.82) is 0 Å². The van der Waals surface area contributed by atoms with Gasteiger partial charge in [-0.05, 0) is 51.1 Å². The summed E-state index contributed by atoms with van der Waals surface area (Å²) in [5.41, 5.74) is 1.11. The summed E-state index contributed by atoms with van der Waals surface area (Å²) in [5.74, 6) is 1.80. The van der Waals surface area contributed by atoms with Gasteiger partial charge in [0.1, 0.15) is 12.3 Å². The predicted molar refractivity (Wildman–Crippen MR) is 122 cm³/mol. The van der Waals surface area contributed by atoms with Crippen molar-refractivity contribution in [2.24, 2.45) is 0 Å². The Hall–Kier alpha value is -4.15. The second-order valence-corrected chi connectivity index (χ2v) is 7.69. The number of aromatic nitrogens is 2. The smallest absolute Gasteiger partial charge is 0.272 e. The minimum absolute atomic E-state index is 0.0100. The molecule has 0 aliphatic rings. The largest absolute Gasteiger partial charge is 0.493 e. The Morgan fingerprint density at radius 2 is 1.88 bits per heavy atom. The quantitative estimate of drug-likeness (QED) is 0.321. The highest BCUT2D eigenvalue weighted by atomic mass is 16.6. The maximum absolute atomic E-state index is 12.8. The average molecular weight is 470 g/mol. The van der Waals surface area contributed by atoms with Crippen LogP contribution in [-0.4, -0.2) is 52.7 Å². The summed E-state index contributed by atoms with van der Waals surface area (Å²) in [6.45, 7) is 5.18. The van der Waals surface area contributed by atoms with Crippen LogP contribution in [-0.2, 0) is 11.3 Å². The molecular weight excluding hydrogens is 444 g/mol. The lowest BCUT2D eigenvalue weighted by Crippen LogP contribution is -2.39. The summed E-state index contributed by atoms with van der Waals surface area (Å²) in [6.07, 6.45) is 0. The number of aryl methyl sites for hydroxylation is 1. The fourth-order valence-corrected chi connectivity index (χ4v) is 3.27. The summed E-state index contributed by atoms with van der Waals surface area (Å²) < 4.78 is 21.5. The molecule has 0 spiro atoms. The van der Waals surface area contributed by atoms with Crippen molar-refractivity contribution in [2.75, 3.05) is 20.8 Å². The summed E-state index contributed by atoms with van der Waals surface area (Å²) >= 11 is 0. The summed E-state index contributed by atoms with van der Waals surface area (Å²) in [7, 11) is 3.09. The Morgan fingerprint density at radius 3 is 2.50 bits per heavy atom. The number of rotatable bonds is 10.